The lowest BCUT2D eigenvalue weighted by Gasteiger charge is -2.08. The number of hydrogen-bond donors (Lipinski definition) is 1. The van der Waals surface area contributed by atoms with Gasteiger partial charge >= 0.3 is 18.0 Å². The van der Waals surface area contributed by atoms with E-state index in [1.54, 1.807) is 6.92 Å². The van der Waals surface area contributed by atoms with E-state index in [0.29, 0.717) is 5.56 Å². The van der Waals surface area contributed by atoms with Crippen LogP contribution in [0.3, 0.4) is 0 Å². The molecular weight excluding hydrogens is 221 g/mol. The molecule has 1 rings (SSSR count). The highest BCUT2D eigenvalue weighted by Gasteiger charge is 2.23. The van der Waals surface area contributed by atoms with E-state index < -0.39 is 28.7 Å². The fourth-order valence-electron chi connectivity index (χ4n) is 1.03. The second-order valence-corrected chi connectivity index (χ2v) is 3.00. The first-order valence-electron chi connectivity index (χ1n) is 4.20. The molecule has 0 aliphatic heterocycles. The van der Waals surface area contributed by atoms with Gasteiger partial charge in [0.15, 0.2) is 0 Å². The zero-order valence-corrected chi connectivity index (χ0v) is 8.21. The summed E-state index contributed by atoms with van der Waals surface area (Å²) in [4.78, 5) is 20.0. The number of carboxylic acid groups (broad SMARTS) is 1. The Balaban J connectivity index is 3.05. The van der Waals surface area contributed by atoms with Crippen LogP contribution in [0.5, 0.6) is 5.75 Å². The summed E-state index contributed by atoms with van der Waals surface area (Å²) in [5, 5.41) is 18.8. The van der Waals surface area contributed by atoms with Crippen molar-refractivity contribution in [2.45, 2.75) is 13.3 Å². The summed E-state index contributed by atoms with van der Waals surface area (Å²) in [6.45, 7) is 1.62. The summed E-state index contributed by atoms with van der Waals surface area (Å²) in [7, 11) is 0. The Morgan fingerprint density at radius 2 is 2.25 bits per heavy atom. The lowest BCUT2D eigenvalue weighted by atomic mass is 10.2. The fraction of sp³-hybridized carbons (Fsp3) is 0.222. The number of aryl methyl sites for hydroxylation is 1. The highest BCUT2D eigenvalue weighted by molar-refractivity contribution is 5.71. The largest absolute Gasteiger partial charge is 0.476 e. The summed E-state index contributed by atoms with van der Waals surface area (Å²) in [5.41, 5.74) is 0.118. The molecule has 1 aromatic carbocycles. The summed E-state index contributed by atoms with van der Waals surface area (Å²) < 4.78 is 17.1. The minimum atomic E-state index is -2.62. The second-order valence-electron chi connectivity index (χ2n) is 3.00. The average molecular weight is 229 g/mol. The molecule has 0 saturated carbocycles. The molecular formula is C9H8FNO5. The zero-order valence-electron chi connectivity index (χ0n) is 8.21. The molecule has 1 N–H and O–H groups in total. The van der Waals surface area contributed by atoms with E-state index in [0.717, 1.165) is 6.07 Å². The fourth-order valence-corrected chi connectivity index (χ4v) is 1.03. The minimum absolute atomic E-state index is 0.403. The van der Waals surface area contributed by atoms with Gasteiger partial charge in [0, 0.05) is 6.07 Å². The van der Waals surface area contributed by atoms with Crippen LogP contribution in [-0.2, 0) is 4.79 Å². The van der Waals surface area contributed by atoms with Crippen LogP contribution in [0.4, 0.5) is 10.1 Å². The van der Waals surface area contributed by atoms with E-state index in [2.05, 4.69) is 4.74 Å². The Labute approximate surface area is 89.4 Å². The van der Waals surface area contributed by atoms with Crippen molar-refractivity contribution in [3.8, 4) is 5.75 Å². The summed E-state index contributed by atoms with van der Waals surface area (Å²) in [5.74, 6) is -2.24. The number of carbonyl (C=O) groups is 1. The number of benzene rings is 1. The normalized spacial score (nSPS) is 11.9. The predicted octanol–water partition coefficient (Wildman–Crippen LogP) is 1.66. The first-order valence-corrected chi connectivity index (χ1v) is 4.20. The van der Waals surface area contributed by atoms with Gasteiger partial charge in [-0.1, -0.05) is 6.07 Å². The SMILES string of the molecule is Cc1ccc([N+](=O)[O-])c(OC(F)C(=O)O)c1. The molecule has 0 fully saturated rings. The van der Waals surface area contributed by atoms with E-state index in [1.807, 2.05) is 0 Å². The maximum atomic E-state index is 12.7. The predicted molar refractivity (Wildman–Crippen MR) is 51.0 cm³/mol. The van der Waals surface area contributed by atoms with Crippen LogP contribution in [0.2, 0.25) is 0 Å². The average Bonchev–Trinajstić information content (AvgIpc) is 2.16. The highest BCUT2D eigenvalue weighted by Crippen LogP contribution is 2.28. The molecule has 0 aliphatic rings. The van der Waals surface area contributed by atoms with Crippen molar-refractivity contribution in [2.24, 2.45) is 0 Å². The molecule has 1 atom stereocenters. The summed E-state index contributed by atoms with van der Waals surface area (Å²) in [6, 6.07) is 3.77. The number of carboxylic acids is 1. The van der Waals surface area contributed by atoms with Crippen LogP contribution in [0.25, 0.3) is 0 Å². The molecule has 1 unspecified atom stereocenters. The molecule has 0 aromatic heterocycles. The van der Waals surface area contributed by atoms with Gasteiger partial charge in [0.05, 0.1) is 4.92 Å². The molecule has 0 amide bonds. The quantitative estimate of drug-likeness (QED) is 0.626. The van der Waals surface area contributed by atoms with Gasteiger partial charge in [-0.05, 0) is 18.6 Å². The van der Waals surface area contributed by atoms with Gasteiger partial charge in [-0.25, -0.2) is 4.79 Å². The Morgan fingerprint density at radius 3 is 2.75 bits per heavy atom. The smallest absolute Gasteiger partial charge is 0.378 e. The van der Waals surface area contributed by atoms with Crippen LogP contribution < -0.4 is 4.74 Å². The van der Waals surface area contributed by atoms with Crippen molar-refractivity contribution in [1.82, 2.24) is 0 Å². The number of aliphatic carboxylic acids is 1. The number of halogens is 1. The van der Waals surface area contributed by atoms with Crippen molar-refractivity contribution in [1.29, 1.82) is 0 Å². The van der Waals surface area contributed by atoms with Gasteiger partial charge < -0.3 is 9.84 Å². The molecule has 0 aliphatic carbocycles. The molecule has 6 nitrogen and oxygen atoms in total. The van der Waals surface area contributed by atoms with Crippen molar-refractivity contribution in [3.63, 3.8) is 0 Å². The van der Waals surface area contributed by atoms with Crippen LogP contribution in [0.15, 0.2) is 18.2 Å². The molecule has 0 bridgehead atoms. The molecule has 7 heteroatoms. The van der Waals surface area contributed by atoms with Gasteiger partial charge in [-0.2, -0.15) is 4.39 Å². The molecule has 16 heavy (non-hydrogen) atoms. The monoisotopic (exact) mass is 229 g/mol. The lowest BCUT2D eigenvalue weighted by molar-refractivity contribution is -0.386. The van der Waals surface area contributed by atoms with Crippen molar-refractivity contribution < 1.29 is 24.0 Å². The Morgan fingerprint density at radius 1 is 1.62 bits per heavy atom. The number of nitro groups is 1. The van der Waals surface area contributed by atoms with Crippen LogP contribution >= 0.6 is 0 Å². The molecule has 86 valence electrons. The second kappa shape index (κ2) is 4.56. The number of rotatable bonds is 4. The summed E-state index contributed by atoms with van der Waals surface area (Å²) in [6.07, 6.45) is -2.62. The maximum Gasteiger partial charge on any atom is 0.378 e. The van der Waals surface area contributed by atoms with Gasteiger partial charge in [-0.15, -0.1) is 0 Å². The molecule has 0 heterocycles. The Kier molecular flexibility index (Phi) is 3.39. The third-order valence-corrected chi connectivity index (χ3v) is 1.74. The van der Waals surface area contributed by atoms with Crippen molar-refractivity contribution in [3.05, 3.63) is 33.9 Å². The molecule has 0 saturated heterocycles. The maximum absolute atomic E-state index is 12.7. The zero-order chi connectivity index (χ0) is 12.3. The van der Waals surface area contributed by atoms with Crippen LogP contribution in [0.1, 0.15) is 5.56 Å². The van der Waals surface area contributed by atoms with Gasteiger partial charge in [0.1, 0.15) is 0 Å². The van der Waals surface area contributed by atoms with Gasteiger partial charge in [0.2, 0.25) is 5.75 Å². The number of nitrogens with zero attached hydrogens (tertiary/aromatic N) is 1. The first kappa shape index (κ1) is 11.9. The van der Waals surface area contributed by atoms with Gasteiger partial charge in [-0.3, -0.25) is 10.1 Å². The van der Waals surface area contributed by atoms with E-state index in [-0.39, 0.29) is 0 Å². The van der Waals surface area contributed by atoms with Crippen molar-refractivity contribution >= 4 is 11.7 Å². The van der Waals surface area contributed by atoms with E-state index in [9.17, 15) is 19.3 Å². The van der Waals surface area contributed by atoms with E-state index in [1.165, 1.54) is 12.1 Å². The standard InChI is InChI=1S/C9H8FNO5/c1-5-2-3-6(11(14)15)7(4-5)16-8(10)9(12)13/h2-4,8H,1H3,(H,12,13). The summed E-state index contributed by atoms with van der Waals surface area (Å²) >= 11 is 0. The lowest BCUT2D eigenvalue weighted by Crippen LogP contribution is -2.21. The Bertz CT molecular complexity index is 434. The first-order chi connectivity index (χ1) is 7.41. The van der Waals surface area contributed by atoms with Crippen LogP contribution in [-0.4, -0.2) is 22.4 Å². The van der Waals surface area contributed by atoms with E-state index >= 15 is 0 Å². The number of hydrogen-bond acceptors (Lipinski definition) is 4. The highest BCUT2D eigenvalue weighted by atomic mass is 19.1. The third kappa shape index (κ3) is 2.66. The molecule has 0 radical (unpaired) electrons. The van der Waals surface area contributed by atoms with Gasteiger partial charge in [0.25, 0.3) is 0 Å². The minimum Gasteiger partial charge on any atom is -0.476 e. The third-order valence-electron chi connectivity index (χ3n) is 1.74. The van der Waals surface area contributed by atoms with Crippen LogP contribution in [0, 0.1) is 17.0 Å². The van der Waals surface area contributed by atoms with Crippen molar-refractivity contribution in [2.75, 3.05) is 0 Å². The topological polar surface area (TPSA) is 89.7 Å². The number of ether oxygens (including phenoxy) is 1. The number of alkyl halides is 1. The number of nitro benzene ring substituents is 1. The Hall–Kier alpha value is -2.18. The van der Waals surface area contributed by atoms with E-state index in [4.69, 9.17) is 5.11 Å². The molecule has 1 aromatic rings. The molecule has 0 spiro atoms.